The fourth-order valence-electron chi connectivity index (χ4n) is 2.18. The normalized spacial score (nSPS) is 11.6. The second-order valence-electron chi connectivity index (χ2n) is 6.10. The number of nitrogens with zero attached hydrogens (tertiary/aromatic N) is 2. The molecule has 0 unspecified atom stereocenters. The Morgan fingerprint density at radius 2 is 1.95 bits per heavy atom. The lowest BCUT2D eigenvalue weighted by atomic mass is 10.1. The zero-order chi connectivity index (χ0) is 16.0. The van der Waals surface area contributed by atoms with Gasteiger partial charge in [0.05, 0.1) is 0 Å². The molecule has 0 bridgehead atoms. The molecule has 3 nitrogen and oxygen atoms in total. The van der Waals surface area contributed by atoms with Crippen LogP contribution in [0.5, 0.6) is 0 Å². The first-order valence-electron chi connectivity index (χ1n) is 7.25. The lowest BCUT2D eigenvalue weighted by Gasteiger charge is -2.26. The van der Waals surface area contributed by atoms with Crippen molar-refractivity contribution < 1.29 is 4.39 Å². The lowest BCUT2D eigenvalue weighted by Crippen LogP contribution is -2.34. The Bertz CT molecular complexity index is 475. The molecule has 0 saturated heterocycles. The van der Waals surface area contributed by atoms with Gasteiger partial charge in [0, 0.05) is 37.3 Å². The van der Waals surface area contributed by atoms with Gasteiger partial charge in [-0.15, -0.1) is 0 Å². The van der Waals surface area contributed by atoms with Gasteiger partial charge in [-0.05, 0) is 38.2 Å². The highest BCUT2D eigenvalue weighted by atomic mass is 32.1. The first-order valence-corrected chi connectivity index (χ1v) is 7.65. The zero-order valence-electron chi connectivity index (χ0n) is 13.4. The van der Waals surface area contributed by atoms with Crippen LogP contribution in [0.2, 0.25) is 0 Å². The summed E-state index contributed by atoms with van der Waals surface area (Å²) < 4.78 is 14.0. The average Bonchev–Trinajstić information content (AvgIpc) is 2.37. The molecule has 0 fully saturated rings. The molecule has 0 aliphatic heterocycles. The van der Waals surface area contributed by atoms with Crippen LogP contribution in [0.15, 0.2) is 18.2 Å². The molecular formula is C16H26FN3S. The Morgan fingerprint density at radius 3 is 2.48 bits per heavy atom. The fraction of sp³-hybridized carbons (Fsp3) is 0.562. The molecule has 0 aliphatic rings. The second-order valence-corrected chi connectivity index (χ2v) is 6.54. The number of halogens is 1. The number of hydrogen-bond donors (Lipinski definition) is 1. The predicted octanol–water partition coefficient (Wildman–Crippen LogP) is 2.48. The monoisotopic (exact) mass is 311 g/mol. The largest absolute Gasteiger partial charge is 0.389 e. The van der Waals surface area contributed by atoms with E-state index in [1.807, 2.05) is 14.1 Å². The van der Waals surface area contributed by atoms with Gasteiger partial charge in [-0.25, -0.2) is 4.39 Å². The quantitative estimate of drug-likeness (QED) is 0.748. The van der Waals surface area contributed by atoms with E-state index in [-0.39, 0.29) is 5.82 Å². The Balaban J connectivity index is 2.85. The zero-order valence-corrected chi connectivity index (χ0v) is 14.2. The van der Waals surface area contributed by atoms with E-state index in [0.717, 1.165) is 25.2 Å². The van der Waals surface area contributed by atoms with Gasteiger partial charge in [0.2, 0.25) is 0 Å². The maximum absolute atomic E-state index is 14.0. The van der Waals surface area contributed by atoms with Crippen molar-refractivity contribution in [3.63, 3.8) is 0 Å². The molecule has 2 N–H and O–H groups in total. The van der Waals surface area contributed by atoms with Crippen LogP contribution in [0, 0.1) is 11.7 Å². The second kappa shape index (κ2) is 8.41. The third kappa shape index (κ3) is 6.50. The van der Waals surface area contributed by atoms with Crippen LogP contribution in [-0.4, -0.2) is 48.5 Å². The summed E-state index contributed by atoms with van der Waals surface area (Å²) in [6, 6.07) is 4.84. The Kier molecular flexibility index (Phi) is 7.22. The Morgan fingerprint density at radius 1 is 1.29 bits per heavy atom. The van der Waals surface area contributed by atoms with Crippen LogP contribution >= 0.6 is 12.2 Å². The molecule has 118 valence electrons. The number of likely N-dealkylation sites (N-methyl/N-ethyl adjacent to an activating group) is 1. The SMILES string of the molecule is CC(C)CN(CCN(C)C)Cc1cc(C(N)=S)ccc1F. The molecule has 0 spiro atoms. The van der Waals surface area contributed by atoms with Crippen LogP contribution in [0.4, 0.5) is 4.39 Å². The van der Waals surface area contributed by atoms with Gasteiger partial charge in [0.15, 0.2) is 0 Å². The van der Waals surface area contributed by atoms with Crippen LogP contribution < -0.4 is 5.73 Å². The first-order chi connectivity index (χ1) is 9.79. The van der Waals surface area contributed by atoms with E-state index in [2.05, 4.69) is 23.6 Å². The summed E-state index contributed by atoms with van der Waals surface area (Å²) in [6.07, 6.45) is 0. The Hall–Kier alpha value is -1.04. The highest BCUT2D eigenvalue weighted by Gasteiger charge is 2.12. The maximum atomic E-state index is 14.0. The van der Waals surface area contributed by atoms with Gasteiger partial charge < -0.3 is 10.6 Å². The van der Waals surface area contributed by atoms with Gasteiger partial charge in [-0.3, -0.25) is 4.90 Å². The summed E-state index contributed by atoms with van der Waals surface area (Å²) in [4.78, 5) is 4.71. The smallest absolute Gasteiger partial charge is 0.127 e. The first kappa shape index (κ1) is 18.0. The molecule has 21 heavy (non-hydrogen) atoms. The standard InChI is InChI=1S/C16H26FN3S/c1-12(2)10-20(8-7-19(3)4)11-14-9-13(16(18)21)5-6-15(14)17/h5-6,9,12H,7-8,10-11H2,1-4H3,(H2,18,21). The summed E-state index contributed by atoms with van der Waals surface area (Å²) in [7, 11) is 4.09. The average molecular weight is 311 g/mol. The molecule has 5 heteroatoms. The molecule has 0 saturated carbocycles. The van der Waals surface area contributed by atoms with E-state index < -0.39 is 0 Å². The van der Waals surface area contributed by atoms with Crippen molar-refractivity contribution in [1.82, 2.24) is 9.80 Å². The van der Waals surface area contributed by atoms with Crippen LogP contribution in [-0.2, 0) is 6.54 Å². The predicted molar refractivity (Wildman–Crippen MR) is 91.0 cm³/mol. The molecule has 0 radical (unpaired) electrons. The van der Waals surface area contributed by atoms with E-state index in [4.69, 9.17) is 18.0 Å². The molecule has 0 heterocycles. The molecule has 1 aromatic rings. The van der Waals surface area contributed by atoms with E-state index >= 15 is 0 Å². The molecule has 1 aromatic carbocycles. The highest BCUT2D eigenvalue weighted by molar-refractivity contribution is 7.80. The van der Waals surface area contributed by atoms with Crippen molar-refractivity contribution in [2.24, 2.45) is 11.7 Å². The van der Waals surface area contributed by atoms with Crippen molar-refractivity contribution in [2.45, 2.75) is 20.4 Å². The van der Waals surface area contributed by atoms with Gasteiger partial charge in [0.1, 0.15) is 10.8 Å². The number of benzene rings is 1. The molecular weight excluding hydrogens is 285 g/mol. The van der Waals surface area contributed by atoms with Gasteiger partial charge >= 0.3 is 0 Å². The number of thiocarbonyl (C=S) groups is 1. The molecule has 0 aliphatic carbocycles. The van der Waals surface area contributed by atoms with Crippen LogP contribution in [0.3, 0.4) is 0 Å². The van der Waals surface area contributed by atoms with Gasteiger partial charge in [-0.1, -0.05) is 26.1 Å². The minimum absolute atomic E-state index is 0.200. The molecule has 0 aromatic heterocycles. The number of nitrogens with two attached hydrogens (primary N) is 1. The molecule has 0 atom stereocenters. The topological polar surface area (TPSA) is 32.5 Å². The van der Waals surface area contributed by atoms with E-state index in [9.17, 15) is 4.39 Å². The third-order valence-electron chi connectivity index (χ3n) is 3.21. The number of rotatable bonds is 8. The lowest BCUT2D eigenvalue weighted by molar-refractivity contribution is 0.209. The minimum Gasteiger partial charge on any atom is -0.389 e. The van der Waals surface area contributed by atoms with Crippen LogP contribution in [0.1, 0.15) is 25.0 Å². The van der Waals surface area contributed by atoms with Gasteiger partial charge in [-0.2, -0.15) is 0 Å². The van der Waals surface area contributed by atoms with Crippen molar-refractivity contribution in [3.8, 4) is 0 Å². The molecule has 0 amide bonds. The van der Waals surface area contributed by atoms with E-state index in [1.165, 1.54) is 6.07 Å². The Labute approximate surface area is 132 Å². The van der Waals surface area contributed by atoms with Crippen molar-refractivity contribution in [3.05, 3.63) is 35.1 Å². The fourth-order valence-corrected chi connectivity index (χ4v) is 2.31. The van der Waals surface area contributed by atoms with E-state index in [1.54, 1.807) is 12.1 Å². The van der Waals surface area contributed by atoms with Crippen molar-refractivity contribution in [1.29, 1.82) is 0 Å². The maximum Gasteiger partial charge on any atom is 0.127 e. The van der Waals surface area contributed by atoms with Crippen molar-refractivity contribution >= 4 is 17.2 Å². The minimum atomic E-state index is -0.200. The van der Waals surface area contributed by atoms with E-state index in [0.29, 0.717) is 23.0 Å². The van der Waals surface area contributed by atoms with Crippen LogP contribution in [0.25, 0.3) is 0 Å². The number of hydrogen-bond acceptors (Lipinski definition) is 3. The summed E-state index contributed by atoms with van der Waals surface area (Å²) in [6.45, 7) is 7.71. The summed E-state index contributed by atoms with van der Waals surface area (Å²) in [5.41, 5.74) is 7.00. The summed E-state index contributed by atoms with van der Waals surface area (Å²) >= 11 is 4.97. The third-order valence-corrected chi connectivity index (χ3v) is 3.45. The van der Waals surface area contributed by atoms with Gasteiger partial charge in [0.25, 0.3) is 0 Å². The highest BCUT2D eigenvalue weighted by Crippen LogP contribution is 2.14. The van der Waals surface area contributed by atoms with Crippen molar-refractivity contribution in [2.75, 3.05) is 33.7 Å². The summed E-state index contributed by atoms with van der Waals surface area (Å²) in [5.74, 6) is 0.336. The molecule has 1 rings (SSSR count). The summed E-state index contributed by atoms with van der Waals surface area (Å²) in [5, 5.41) is 0.